The number of piperidine rings is 1. The molecule has 0 aromatic rings. The van der Waals surface area contributed by atoms with Crippen LogP contribution in [0.4, 0.5) is 0 Å². The van der Waals surface area contributed by atoms with E-state index in [0.29, 0.717) is 12.1 Å². The number of carbonyl (C=O) groups is 1. The number of halogens is 1. The van der Waals surface area contributed by atoms with Crippen molar-refractivity contribution in [2.45, 2.75) is 44.8 Å². The molecule has 1 saturated heterocycles. The maximum atomic E-state index is 11.7. The number of hydrogen-bond donors (Lipinski definition) is 1. The summed E-state index contributed by atoms with van der Waals surface area (Å²) in [4.78, 5) is 15.9. The Morgan fingerprint density at radius 1 is 1.56 bits per heavy atom. The van der Waals surface area contributed by atoms with Crippen LogP contribution in [-0.2, 0) is 4.79 Å². The molecule has 3 unspecified atom stereocenters. The van der Waals surface area contributed by atoms with E-state index in [-0.39, 0.29) is 24.4 Å². The minimum atomic E-state index is -0.384. The molecule has 96 valence electrons. The quantitative estimate of drug-likeness (QED) is 0.784. The monoisotopic (exact) mass is 249 g/mol. The molecular weight excluding hydrogens is 226 g/mol. The summed E-state index contributed by atoms with van der Waals surface area (Å²) < 4.78 is 0. The van der Waals surface area contributed by atoms with E-state index in [4.69, 9.17) is 5.73 Å². The van der Waals surface area contributed by atoms with Gasteiger partial charge in [0.1, 0.15) is 0 Å². The summed E-state index contributed by atoms with van der Waals surface area (Å²) in [5.74, 6) is 0.0525. The Hall–Kier alpha value is -0.320. The molecule has 0 aliphatic carbocycles. The van der Waals surface area contributed by atoms with Crippen molar-refractivity contribution in [2.24, 2.45) is 5.73 Å². The first-order chi connectivity index (χ1) is 6.93. The molecule has 4 nitrogen and oxygen atoms in total. The van der Waals surface area contributed by atoms with Gasteiger partial charge >= 0.3 is 0 Å². The summed E-state index contributed by atoms with van der Waals surface area (Å²) in [6, 6.07) is 0.520. The van der Waals surface area contributed by atoms with E-state index in [1.807, 2.05) is 11.9 Å². The Kier molecular flexibility index (Phi) is 6.30. The second kappa shape index (κ2) is 6.42. The molecule has 0 spiro atoms. The molecule has 0 radical (unpaired) electrons. The lowest BCUT2D eigenvalue weighted by Gasteiger charge is -2.39. The maximum absolute atomic E-state index is 11.7. The average Bonchev–Trinajstić information content (AvgIpc) is 2.19. The SMILES string of the molecule is CC(N)C(=O)N(C)C1CCN(C)C(C)C1.Cl. The van der Waals surface area contributed by atoms with Crippen LogP contribution in [0.15, 0.2) is 0 Å². The van der Waals surface area contributed by atoms with Crippen molar-refractivity contribution in [1.82, 2.24) is 9.80 Å². The largest absolute Gasteiger partial charge is 0.341 e. The Bertz CT molecular complexity index is 235. The predicted octanol–water partition coefficient (Wildman–Crippen LogP) is 0.696. The van der Waals surface area contributed by atoms with Gasteiger partial charge in [0, 0.05) is 25.7 Å². The first kappa shape index (κ1) is 15.7. The summed E-state index contributed by atoms with van der Waals surface area (Å²) >= 11 is 0. The van der Waals surface area contributed by atoms with Crippen LogP contribution in [0, 0.1) is 0 Å². The lowest BCUT2D eigenvalue weighted by atomic mass is 9.97. The molecule has 1 aliphatic rings. The molecule has 1 fully saturated rings. The van der Waals surface area contributed by atoms with Crippen molar-refractivity contribution < 1.29 is 4.79 Å². The Labute approximate surface area is 105 Å². The molecule has 5 heteroatoms. The third-order valence-corrected chi connectivity index (χ3v) is 3.47. The number of nitrogens with zero attached hydrogens (tertiary/aromatic N) is 2. The van der Waals surface area contributed by atoms with Crippen LogP contribution in [0.3, 0.4) is 0 Å². The van der Waals surface area contributed by atoms with Crippen molar-refractivity contribution in [3.05, 3.63) is 0 Å². The predicted molar refractivity (Wildman–Crippen MR) is 68.8 cm³/mol. The van der Waals surface area contributed by atoms with Gasteiger partial charge in [-0.15, -0.1) is 12.4 Å². The lowest BCUT2D eigenvalue weighted by Crippen LogP contribution is -2.51. The smallest absolute Gasteiger partial charge is 0.239 e. The number of hydrogen-bond acceptors (Lipinski definition) is 3. The normalized spacial score (nSPS) is 28.1. The van der Waals surface area contributed by atoms with Crippen LogP contribution in [0.2, 0.25) is 0 Å². The molecule has 1 amide bonds. The molecule has 0 aromatic heterocycles. The highest BCUT2D eigenvalue weighted by Crippen LogP contribution is 2.19. The van der Waals surface area contributed by atoms with Crippen molar-refractivity contribution in [3.63, 3.8) is 0 Å². The van der Waals surface area contributed by atoms with Crippen molar-refractivity contribution in [1.29, 1.82) is 0 Å². The molecule has 0 bridgehead atoms. The minimum absolute atomic E-state index is 0. The van der Waals surface area contributed by atoms with Crippen molar-refractivity contribution >= 4 is 18.3 Å². The first-order valence-electron chi connectivity index (χ1n) is 5.66. The third kappa shape index (κ3) is 3.61. The van der Waals surface area contributed by atoms with E-state index in [2.05, 4.69) is 18.9 Å². The van der Waals surface area contributed by atoms with E-state index in [1.165, 1.54) is 0 Å². The van der Waals surface area contributed by atoms with Gasteiger partial charge in [0.2, 0.25) is 5.91 Å². The van der Waals surface area contributed by atoms with Gasteiger partial charge in [0.15, 0.2) is 0 Å². The van der Waals surface area contributed by atoms with Crippen molar-refractivity contribution in [2.75, 3.05) is 20.6 Å². The third-order valence-electron chi connectivity index (χ3n) is 3.47. The molecule has 1 aliphatic heterocycles. The zero-order chi connectivity index (χ0) is 11.6. The van der Waals surface area contributed by atoms with Crippen LogP contribution >= 0.6 is 12.4 Å². The van der Waals surface area contributed by atoms with Crippen LogP contribution in [0.5, 0.6) is 0 Å². The van der Waals surface area contributed by atoms with E-state index in [0.717, 1.165) is 19.4 Å². The molecule has 1 heterocycles. The van der Waals surface area contributed by atoms with Gasteiger partial charge in [0.05, 0.1) is 6.04 Å². The fourth-order valence-corrected chi connectivity index (χ4v) is 2.12. The van der Waals surface area contributed by atoms with Crippen LogP contribution in [0.25, 0.3) is 0 Å². The van der Waals surface area contributed by atoms with Gasteiger partial charge in [-0.3, -0.25) is 4.79 Å². The van der Waals surface area contributed by atoms with Crippen LogP contribution < -0.4 is 5.73 Å². The fraction of sp³-hybridized carbons (Fsp3) is 0.909. The molecule has 2 N–H and O–H groups in total. The number of likely N-dealkylation sites (N-methyl/N-ethyl adjacent to an activating group) is 1. The summed E-state index contributed by atoms with van der Waals surface area (Å²) in [6.45, 7) is 5.01. The molecule has 16 heavy (non-hydrogen) atoms. The van der Waals surface area contributed by atoms with Gasteiger partial charge in [0.25, 0.3) is 0 Å². The lowest BCUT2D eigenvalue weighted by molar-refractivity contribution is -0.134. The second-order valence-electron chi connectivity index (χ2n) is 4.75. The zero-order valence-corrected chi connectivity index (χ0v) is 11.5. The van der Waals surface area contributed by atoms with E-state index >= 15 is 0 Å². The molecule has 1 rings (SSSR count). The maximum Gasteiger partial charge on any atom is 0.239 e. The first-order valence-corrected chi connectivity index (χ1v) is 5.66. The van der Waals surface area contributed by atoms with Gasteiger partial charge in [-0.2, -0.15) is 0 Å². The highest BCUT2D eigenvalue weighted by atomic mass is 35.5. The highest BCUT2D eigenvalue weighted by molar-refractivity contribution is 5.85. The van der Waals surface area contributed by atoms with E-state index in [1.54, 1.807) is 6.92 Å². The Balaban J connectivity index is 0.00000225. The molecule has 0 aromatic carbocycles. The Morgan fingerprint density at radius 3 is 2.56 bits per heavy atom. The van der Waals surface area contributed by atoms with Gasteiger partial charge < -0.3 is 15.5 Å². The molecule has 3 atom stereocenters. The average molecular weight is 250 g/mol. The molecule has 0 saturated carbocycles. The van der Waals surface area contributed by atoms with Crippen molar-refractivity contribution in [3.8, 4) is 0 Å². The standard InChI is InChI=1S/C11H23N3O.ClH/c1-8-7-10(5-6-13(8)3)14(4)11(15)9(2)12;/h8-10H,5-7,12H2,1-4H3;1H. The second-order valence-corrected chi connectivity index (χ2v) is 4.75. The van der Waals surface area contributed by atoms with Crippen LogP contribution in [-0.4, -0.2) is 54.5 Å². The Morgan fingerprint density at radius 2 is 2.12 bits per heavy atom. The number of carbonyl (C=O) groups excluding carboxylic acids is 1. The van der Waals surface area contributed by atoms with E-state index < -0.39 is 0 Å². The number of nitrogens with two attached hydrogens (primary N) is 1. The van der Waals surface area contributed by atoms with Crippen LogP contribution in [0.1, 0.15) is 26.7 Å². The van der Waals surface area contributed by atoms with Gasteiger partial charge in [-0.1, -0.05) is 0 Å². The van der Waals surface area contributed by atoms with Gasteiger partial charge in [-0.05, 0) is 33.7 Å². The number of amides is 1. The van der Waals surface area contributed by atoms with E-state index in [9.17, 15) is 4.79 Å². The summed E-state index contributed by atoms with van der Waals surface area (Å²) in [5, 5.41) is 0. The summed E-state index contributed by atoms with van der Waals surface area (Å²) in [5.41, 5.74) is 5.60. The highest BCUT2D eigenvalue weighted by Gasteiger charge is 2.28. The number of likely N-dealkylation sites (tertiary alicyclic amines) is 1. The topological polar surface area (TPSA) is 49.6 Å². The summed E-state index contributed by atoms with van der Waals surface area (Å²) in [6.07, 6.45) is 2.10. The summed E-state index contributed by atoms with van der Waals surface area (Å²) in [7, 11) is 4.00. The van der Waals surface area contributed by atoms with Gasteiger partial charge in [-0.25, -0.2) is 0 Å². The zero-order valence-electron chi connectivity index (χ0n) is 10.6. The number of rotatable bonds is 2. The fourth-order valence-electron chi connectivity index (χ4n) is 2.12. The minimum Gasteiger partial charge on any atom is -0.341 e. The molecular formula is C11H24ClN3O.